The fourth-order valence-electron chi connectivity index (χ4n) is 4.05. The molecule has 1 N–H and O–H groups in total. The first-order valence-electron chi connectivity index (χ1n) is 9.47. The van der Waals surface area contributed by atoms with E-state index in [1.54, 1.807) is 22.7 Å². The van der Waals surface area contributed by atoms with Crippen molar-refractivity contribution in [1.29, 1.82) is 0 Å². The lowest BCUT2D eigenvalue weighted by Gasteiger charge is -2.14. The quantitative estimate of drug-likeness (QED) is 0.317. The van der Waals surface area contributed by atoms with Gasteiger partial charge in [-0.3, -0.25) is 4.98 Å². The van der Waals surface area contributed by atoms with Crippen LogP contribution >= 0.6 is 22.7 Å². The molecule has 4 heteroatoms. The molecule has 29 heavy (non-hydrogen) atoms. The Labute approximate surface area is 176 Å². The molecule has 0 aliphatic heterocycles. The molecule has 0 unspecified atom stereocenters. The average molecular weight is 409 g/mol. The van der Waals surface area contributed by atoms with Gasteiger partial charge in [0, 0.05) is 48.9 Å². The summed E-state index contributed by atoms with van der Waals surface area (Å²) >= 11 is 3.53. The number of pyridine rings is 1. The van der Waals surface area contributed by atoms with Crippen LogP contribution in [-0.4, -0.2) is 9.97 Å². The smallest absolute Gasteiger partial charge is 0.0956 e. The number of aromatic nitrogens is 2. The molecule has 0 bridgehead atoms. The van der Waals surface area contributed by atoms with Crippen molar-refractivity contribution in [2.75, 3.05) is 0 Å². The maximum Gasteiger partial charge on any atom is 0.0956 e. The minimum Gasteiger partial charge on any atom is -0.353 e. The molecular weight excluding hydrogens is 392 g/mol. The Kier molecular flexibility index (Phi) is 3.86. The second kappa shape index (κ2) is 6.69. The lowest BCUT2D eigenvalue weighted by atomic mass is 9.94. The Hall–Kier alpha value is -3.21. The molecule has 6 aromatic rings. The van der Waals surface area contributed by atoms with E-state index in [0.717, 1.165) is 16.7 Å². The maximum absolute atomic E-state index is 4.89. The van der Waals surface area contributed by atoms with Gasteiger partial charge in [-0.15, -0.1) is 22.7 Å². The highest BCUT2D eigenvalue weighted by Gasteiger charge is 2.19. The lowest BCUT2D eigenvalue weighted by Crippen LogP contribution is -1.92. The van der Waals surface area contributed by atoms with Crippen molar-refractivity contribution < 1.29 is 0 Å². The molecule has 4 heterocycles. The van der Waals surface area contributed by atoms with E-state index in [-0.39, 0.29) is 0 Å². The number of rotatable bonds is 3. The molecule has 6 rings (SSSR count). The van der Waals surface area contributed by atoms with Gasteiger partial charge in [0.05, 0.1) is 11.2 Å². The number of nitrogens with one attached hydrogen (secondary N) is 1. The van der Waals surface area contributed by atoms with Gasteiger partial charge in [0.15, 0.2) is 0 Å². The molecular formula is C25H16N2S2. The van der Waals surface area contributed by atoms with Gasteiger partial charge in [-0.1, -0.05) is 48.5 Å². The summed E-state index contributed by atoms with van der Waals surface area (Å²) in [6.45, 7) is 0. The molecule has 0 aliphatic carbocycles. The fraction of sp³-hybridized carbons (Fsp3) is 0. The highest BCUT2D eigenvalue weighted by molar-refractivity contribution is 7.14. The third-order valence-corrected chi connectivity index (χ3v) is 7.11. The summed E-state index contributed by atoms with van der Waals surface area (Å²) in [6, 6.07) is 25.7. The van der Waals surface area contributed by atoms with Crippen molar-refractivity contribution in [3.63, 3.8) is 0 Å². The molecule has 0 saturated heterocycles. The number of fused-ring (bicyclic) bond motifs is 3. The van der Waals surface area contributed by atoms with Crippen molar-refractivity contribution in [3.8, 4) is 32.1 Å². The summed E-state index contributed by atoms with van der Waals surface area (Å²) in [5.41, 5.74) is 6.88. The number of nitrogens with zero attached hydrogens (tertiary/aromatic N) is 1. The zero-order chi connectivity index (χ0) is 19.2. The van der Waals surface area contributed by atoms with Crippen LogP contribution < -0.4 is 0 Å². The van der Waals surface area contributed by atoms with Gasteiger partial charge in [-0.25, -0.2) is 0 Å². The molecule has 4 aromatic heterocycles. The highest BCUT2D eigenvalue weighted by atomic mass is 32.1. The summed E-state index contributed by atoms with van der Waals surface area (Å²) in [4.78, 5) is 11.0. The number of hydrogen-bond donors (Lipinski definition) is 1. The van der Waals surface area contributed by atoms with E-state index in [1.807, 2.05) is 6.20 Å². The summed E-state index contributed by atoms with van der Waals surface area (Å²) in [5, 5.41) is 6.71. The Morgan fingerprint density at radius 2 is 1.38 bits per heavy atom. The molecule has 0 spiro atoms. The van der Waals surface area contributed by atoms with Crippen LogP contribution in [-0.2, 0) is 0 Å². The fourth-order valence-corrected chi connectivity index (χ4v) is 5.56. The molecule has 0 atom stereocenters. The number of aromatic amines is 1. The minimum absolute atomic E-state index is 1.01. The molecule has 2 nitrogen and oxygen atoms in total. The highest BCUT2D eigenvalue weighted by Crippen LogP contribution is 2.44. The summed E-state index contributed by atoms with van der Waals surface area (Å²) in [7, 11) is 0. The number of para-hydroxylation sites is 1. The summed E-state index contributed by atoms with van der Waals surface area (Å²) in [5.74, 6) is 0. The monoisotopic (exact) mass is 408 g/mol. The normalized spacial score (nSPS) is 11.4. The van der Waals surface area contributed by atoms with E-state index < -0.39 is 0 Å². The summed E-state index contributed by atoms with van der Waals surface area (Å²) < 4.78 is 0. The van der Waals surface area contributed by atoms with Gasteiger partial charge in [0.1, 0.15) is 0 Å². The number of thiophene rings is 2. The van der Waals surface area contributed by atoms with Crippen LogP contribution in [0.5, 0.6) is 0 Å². The predicted molar refractivity (Wildman–Crippen MR) is 126 cm³/mol. The van der Waals surface area contributed by atoms with Crippen molar-refractivity contribution in [1.82, 2.24) is 9.97 Å². The number of H-pyrrole nitrogens is 1. The zero-order valence-corrected chi connectivity index (χ0v) is 17.1. The second-order valence-corrected chi connectivity index (χ2v) is 8.83. The molecule has 2 aromatic carbocycles. The topological polar surface area (TPSA) is 28.7 Å². The summed E-state index contributed by atoms with van der Waals surface area (Å²) in [6.07, 6.45) is 1.93. The SMILES string of the molecule is c1csc(-c2cccc(-c3cccs3)c2-c2nccc3c2[nH]c2ccccc23)c1. The lowest BCUT2D eigenvalue weighted by molar-refractivity contribution is 1.34. The van der Waals surface area contributed by atoms with Crippen molar-refractivity contribution in [3.05, 3.63) is 89.8 Å². The first-order valence-corrected chi connectivity index (χ1v) is 11.2. The standard InChI is InChI=1S/C25H16N2S2/c1-2-9-20-16(6-1)17-12-13-26-25(24(17)27-20)23-18(21-10-4-14-28-21)7-3-8-19(23)22-11-5-15-29-22/h1-15,27H. The Morgan fingerprint density at radius 1 is 0.655 bits per heavy atom. The molecule has 0 aliphatic rings. The predicted octanol–water partition coefficient (Wildman–Crippen LogP) is 7.84. The van der Waals surface area contributed by atoms with E-state index in [0.29, 0.717) is 0 Å². The Bertz CT molecular complexity index is 1390. The van der Waals surface area contributed by atoms with Gasteiger partial charge >= 0.3 is 0 Å². The largest absolute Gasteiger partial charge is 0.353 e. The van der Waals surface area contributed by atoms with Crippen LogP contribution in [0.15, 0.2) is 89.8 Å². The van der Waals surface area contributed by atoms with Gasteiger partial charge < -0.3 is 4.98 Å². The van der Waals surface area contributed by atoms with Crippen LogP contribution in [0.25, 0.3) is 53.9 Å². The number of benzene rings is 2. The molecule has 138 valence electrons. The van der Waals surface area contributed by atoms with Gasteiger partial charge in [0.25, 0.3) is 0 Å². The van der Waals surface area contributed by atoms with Crippen LogP contribution in [0.3, 0.4) is 0 Å². The van der Waals surface area contributed by atoms with Gasteiger partial charge in [-0.05, 0) is 35.0 Å². The van der Waals surface area contributed by atoms with E-state index in [2.05, 4.69) is 88.5 Å². The van der Waals surface area contributed by atoms with Crippen molar-refractivity contribution >= 4 is 44.5 Å². The van der Waals surface area contributed by atoms with Gasteiger partial charge in [-0.2, -0.15) is 0 Å². The third kappa shape index (κ3) is 2.64. The minimum atomic E-state index is 1.01. The van der Waals surface area contributed by atoms with Crippen molar-refractivity contribution in [2.45, 2.75) is 0 Å². The first-order chi connectivity index (χ1) is 14.4. The third-order valence-electron chi connectivity index (χ3n) is 5.30. The Balaban J connectivity index is 1.75. The molecule has 0 radical (unpaired) electrons. The zero-order valence-electron chi connectivity index (χ0n) is 15.4. The second-order valence-electron chi connectivity index (χ2n) is 6.94. The molecule has 0 fully saturated rings. The van der Waals surface area contributed by atoms with Crippen LogP contribution in [0.2, 0.25) is 0 Å². The van der Waals surface area contributed by atoms with Gasteiger partial charge in [0.2, 0.25) is 0 Å². The van der Waals surface area contributed by atoms with Crippen LogP contribution in [0.1, 0.15) is 0 Å². The van der Waals surface area contributed by atoms with E-state index in [4.69, 9.17) is 4.98 Å². The van der Waals surface area contributed by atoms with E-state index in [1.165, 1.54) is 37.2 Å². The van der Waals surface area contributed by atoms with Crippen LogP contribution in [0.4, 0.5) is 0 Å². The first kappa shape index (κ1) is 16.7. The average Bonchev–Trinajstić information content (AvgIpc) is 3.54. The maximum atomic E-state index is 4.89. The number of hydrogen-bond acceptors (Lipinski definition) is 3. The van der Waals surface area contributed by atoms with E-state index in [9.17, 15) is 0 Å². The van der Waals surface area contributed by atoms with Crippen LogP contribution in [0, 0.1) is 0 Å². The molecule has 0 amide bonds. The van der Waals surface area contributed by atoms with Crippen molar-refractivity contribution in [2.24, 2.45) is 0 Å². The van der Waals surface area contributed by atoms with E-state index >= 15 is 0 Å². The Morgan fingerprint density at radius 3 is 2.07 bits per heavy atom. The molecule has 0 saturated carbocycles.